The SMILES string of the molecule is CCNC(=NCc1ccc(CN2CCCN(C)CC2)cc1)N1CCC(C(=O)OCC)CC1.I. The van der Waals surface area contributed by atoms with Crippen LogP contribution in [-0.4, -0.2) is 86.1 Å². The Morgan fingerprint density at radius 2 is 1.73 bits per heavy atom. The molecule has 33 heavy (non-hydrogen) atoms. The molecule has 2 fully saturated rings. The van der Waals surface area contributed by atoms with Crippen LogP contribution in [0, 0.1) is 5.92 Å². The normalized spacial score (nSPS) is 19.0. The van der Waals surface area contributed by atoms with Crippen LogP contribution in [0.4, 0.5) is 0 Å². The lowest BCUT2D eigenvalue weighted by Crippen LogP contribution is -2.46. The third-order valence-electron chi connectivity index (χ3n) is 6.40. The highest BCUT2D eigenvalue weighted by Gasteiger charge is 2.27. The minimum Gasteiger partial charge on any atom is -0.466 e. The van der Waals surface area contributed by atoms with E-state index in [2.05, 4.69) is 58.3 Å². The van der Waals surface area contributed by atoms with Gasteiger partial charge in [0.2, 0.25) is 0 Å². The van der Waals surface area contributed by atoms with Crippen LogP contribution in [0.3, 0.4) is 0 Å². The molecule has 0 unspecified atom stereocenters. The highest BCUT2D eigenvalue weighted by Crippen LogP contribution is 2.19. The summed E-state index contributed by atoms with van der Waals surface area (Å²) in [4.78, 5) is 24.1. The molecule has 0 spiro atoms. The molecule has 1 N–H and O–H groups in total. The first-order valence-corrected chi connectivity index (χ1v) is 12.3. The number of rotatable bonds is 7. The van der Waals surface area contributed by atoms with Crippen molar-refractivity contribution < 1.29 is 9.53 Å². The minimum absolute atomic E-state index is 0. The summed E-state index contributed by atoms with van der Waals surface area (Å²) in [5, 5.41) is 3.42. The Morgan fingerprint density at radius 3 is 2.39 bits per heavy atom. The molecule has 0 amide bonds. The molecule has 1 aromatic rings. The zero-order valence-electron chi connectivity index (χ0n) is 20.6. The largest absolute Gasteiger partial charge is 0.466 e. The van der Waals surface area contributed by atoms with E-state index in [0.717, 1.165) is 58.1 Å². The predicted molar refractivity (Wildman–Crippen MR) is 145 cm³/mol. The molecule has 0 bridgehead atoms. The van der Waals surface area contributed by atoms with Gasteiger partial charge in [0.1, 0.15) is 0 Å². The summed E-state index contributed by atoms with van der Waals surface area (Å²) >= 11 is 0. The molecule has 1 aromatic carbocycles. The van der Waals surface area contributed by atoms with E-state index < -0.39 is 0 Å². The minimum atomic E-state index is -0.0543. The maximum absolute atomic E-state index is 12.0. The number of hydrogen-bond acceptors (Lipinski definition) is 5. The Kier molecular flexibility index (Phi) is 12.5. The summed E-state index contributed by atoms with van der Waals surface area (Å²) in [5.41, 5.74) is 2.59. The van der Waals surface area contributed by atoms with Crippen molar-refractivity contribution in [2.45, 2.75) is 46.2 Å². The molecule has 2 heterocycles. The quantitative estimate of drug-likeness (QED) is 0.235. The fraction of sp³-hybridized carbons (Fsp3) is 0.680. The maximum atomic E-state index is 12.0. The summed E-state index contributed by atoms with van der Waals surface area (Å²) < 4.78 is 5.19. The topological polar surface area (TPSA) is 60.4 Å². The number of hydrogen-bond donors (Lipinski definition) is 1. The van der Waals surface area contributed by atoms with Crippen LogP contribution >= 0.6 is 24.0 Å². The number of guanidine groups is 1. The Labute approximate surface area is 216 Å². The van der Waals surface area contributed by atoms with Crippen LogP contribution in [0.5, 0.6) is 0 Å². The van der Waals surface area contributed by atoms with E-state index in [1.165, 1.54) is 30.6 Å². The molecule has 0 radical (unpaired) electrons. The molecule has 0 saturated carbocycles. The highest BCUT2D eigenvalue weighted by atomic mass is 127. The number of carbonyl (C=O) groups is 1. The molecule has 8 heteroatoms. The second-order valence-corrected chi connectivity index (χ2v) is 8.93. The van der Waals surface area contributed by atoms with Gasteiger partial charge >= 0.3 is 5.97 Å². The first kappa shape index (κ1) is 27.9. The first-order chi connectivity index (χ1) is 15.6. The standard InChI is InChI=1S/C25H41N5O2.HI/c1-4-26-25(30-15-11-23(12-16-30)24(31)32-5-2)27-19-21-7-9-22(10-8-21)20-29-14-6-13-28(3)17-18-29;/h7-10,23H,4-6,11-20H2,1-3H3,(H,26,27);1H. The number of likely N-dealkylation sites (tertiary alicyclic amines) is 1. The van der Waals surface area contributed by atoms with Crippen LogP contribution < -0.4 is 5.32 Å². The van der Waals surface area contributed by atoms with Crippen LogP contribution in [-0.2, 0) is 22.6 Å². The smallest absolute Gasteiger partial charge is 0.309 e. The zero-order chi connectivity index (χ0) is 22.8. The third-order valence-corrected chi connectivity index (χ3v) is 6.40. The fourth-order valence-corrected chi connectivity index (χ4v) is 4.45. The van der Waals surface area contributed by atoms with Gasteiger partial charge in [-0.15, -0.1) is 24.0 Å². The summed E-state index contributed by atoms with van der Waals surface area (Å²) in [6, 6.07) is 8.91. The molecule has 2 aliphatic rings. The molecule has 2 saturated heterocycles. The predicted octanol–water partition coefficient (Wildman–Crippen LogP) is 3.18. The molecule has 0 atom stereocenters. The van der Waals surface area contributed by atoms with E-state index in [1.54, 1.807) is 0 Å². The van der Waals surface area contributed by atoms with Crippen molar-refractivity contribution in [3.05, 3.63) is 35.4 Å². The molecular weight excluding hydrogens is 529 g/mol. The van der Waals surface area contributed by atoms with E-state index in [-0.39, 0.29) is 35.9 Å². The van der Waals surface area contributed by atoms with Gasteiger partial charge in [-0.2, -0.15) is 0 Å². The molecule has 0 aromatic heterocycles. The number of nitrogens with zero attached hydrogens (tertiary/aromatic N) is 4. The zero-order valence-corrected chi connectivity index (χ0v) is 22.9. The van der Waals surface area contributed by atoms with E-state index in [4.69, 9.17) is 9.73 Å². The monoisotopic (exact) mass is 571 g/mol. The van der Waals surface area contributed by atoms with Crippen LogP contribution in [0.15, 0.2) is 29.3 Å². The summed E-state index contributed by atoms with van der Waals surface area (Å²) in [6.07, 6.45) is 2.89. The number of piperidine rings is 1. The van der Waals surface area contributed by atoms with Gasteiger partial charge in [-0.05, 0) is 64.4 Å². The van der Waals surface area contributed by atoms with Gasteiger partial charge in [-0.1, -0.05) is 24.3 Å². The number of likely N-dealkylation sites (N-methyl/N-ethyl adjacent to an activating group) is 1. The van der Waals surface area contributed by atoms with Gasteiger partial charge in [0.25, 0.3) is 0 Å². The lowest BCUT2D eigenvalue weighted by Gasteiger charge is -2.33. The van der Waals surface area contributed by atoms with Crippen molar-refractivity contribution in [3.8, 4) is 0 Å². The van der Waals surface area contributed by atoms with Gasteiger partial charge in [-0.25, -0.2) is 4.99 Å². The first-order valence-electron chi connectivity index (χ1n) is 12.3. The van der Waals surface area contributed by atoms with E-state index >= 15 is 0 Å². The lowest BCUT2D eigenvalue weighted by atomic mass is 9.97. The Balaban J connectivity index is 0.00000385. The van der Waals surface area contributed by atoms with E-state index in [9.17, 15) is 4.79 Å². The van der Waals surface area contributed by atoms with E-state index in [1.807, 2.05) is 6.92 Å². The summed E-state index contributed by atoms with van der Waals surface area (Å²) in [6.45, 7) is 13.3. The van der Waals surface area contributed by atoms with Gasteiger partial charge in [0.15, 0.2) is 5.96 Å². The fourth-order valence-electron chi connectivity index (χ4n) is 4.45. The van der Waals surface area contributed by atoms with Crippen molar-refractivity contribution in [1.82, 2.24) is 20.0 Å². The average molecular weight is 572 g/mol. The van der Waals surface area contributed by atoms with Crippen molar-refractivity contribution >= 4 is 35.9 Å². The molecule has 3 rings (SSSR count). The van der Waals surface area contributed by atoms with Crippen LogP contribution in [0.2, 0.25) is 0 Å². The average Bonchev–Trinajstić information content (AvgIpc) is 3.02. The number of benzene rings is 1. The highest BCUT2D eigenvalue weighted by molar-refractivity contribution is 14.0. The van der Waals surface area contributed by atoms with Crippen molar-refractivity contribution in [2.75, 3.05) is 59.5 Å². The van der Waals surface area contributed by atoms with Crippen LogP contribution in [0.1, 0.15) is 44.2 Å². The number of esters is 1. The number of ether oxygens (including phenoxy) is 1. The van der Waals surface area contributed by atoms with Crippen LogP contribution in [0.25, 0.3) is 0 Å². The summed E-state index contributed by atoms with van der Waals surface area (Å²) in [7, 11) is 2.21. The molecule has 7 nitrogen and oxygen atoms in total. The van der Waals surface area contributed by atoms with Crippen molar-refractivity contribution in [3.63, 3.8) is 0 Å². The second kappa shape index (κ2) is 14.8. The maximum Gasteiger partial charge on any atom is 0.309 e. The summed E-state index contributed by atoms with van der Waals surface area (Å²) in [5.74, 6) is 0.903. The third kappa shape index (κ3) is 9.05. The number of carbonyl (C=O) groups excluding carboxylic acids is 1. The molecular formula is C25H42IN5O2. The van der Waals surface area contributed by atoms with Gasteiger partial charge < -0.3 is 19.9 Å². The Morgan fingerprint density at radius 1 is 1.03 bits per heavy atom. The number of aliphatic imine (C=N–C) groups is 1. The van der Waals surface area contributed by atoms with Gasteiger partial charge in [0, 0.05) is 39.3 Å². The second-order valence-electron chi connectivity index (χ2n) is 8.93. The molecule has 186 valence electrons. The van der Waals surface area contributed by atoms with Crippen molar-refractivity contribution in [2.24, 2.45) is 10.9 Å². The van der Waals surface area contributed by atoms with E-state index in [0.29, 0.717) is 13.2 Å². The lowest BCUT2D eigenvalue weighted by molar-refractivity contribution is -0.149. The Hall–Kier alpha value is -1.39. The molecule has 0 aliphatic carbocycles. The van der Waals surface area contributed by atoms with Gasteiger partial charge in [-0.3, -0.25) is 9.69 Å². The van der Waals surface area contributed by atoms with Gasteiger partial charge in [0.05, 0.1) is 19.1 Å². The number of nitrogens with one attached hydrogen (secondary N) is 1. The number of halogens is 1. The molecule has 2 aliphatic heterocycles. The van der Waals surface area contributed by atoms with Crippen molar-refractivity contribution in [1.29, 1.82) is 0 Å². The Bertz CT molecular complexity index is 735.